The van der Waals surface area contributed by atoms with Crippen LogP contribution in [0.15, 0.2) is 30.6 Å². The standard InChI is InChI=1S/C18H24N4O/c1-21-13-19-20-18(21)17-12-22(8-9-23-17)11-14-6-7-15-4-2-3-5-16(15)10-14/h2-5,13-14,17H,6-12H2,1H3/t14-,17+/m0/s1. The summed E-state index contributed by atoms with van der Waals surface area (Å²) in [6, 6.07) is 8.90. The van der Waals surface area contributed by atoms with Crippen LogP contribution in [0, 0.1) is 5.92 Å². The van der Waals surface area contributed by atoms with Crippen molar-refractivity contribution in [1.29, 1.82) is 0 Å². The summed E-state index contributed by atoms with van der Waals surface area (Å²) in [5.41, 5.74) is 3.09. The van der Waals surface area contributed by atoms with E-state index in [1.165, 1.54) is 19.3 Å². The quantitative estimate of drug-likeness (QED) is 0.869. The molecule has 122 valence electrons. The highest BCUT2D eigenvalue weighted by Gasteiger charge is 2.28. The predicted molar refractivity (Wildman–Crippen MR) is 88.1 cm³/mol. The Hall–Kier alpha value is -1.72. The average molecular weight is 312 g/mol. The maximum atomic E-state index is 5.91. The van der Waals surface area contributed by atoms with Gasteiger partial charge in [-0.1, -0.05) is 24.3 Å². The van der Waals surface area contributed by atoms with E-state index in [0.717, 1.165) is 38.0 Å². The van der Waals surface area contributed by atoms with Crippen LogP contribution in [-0.2, 0) is 24.6 Å². The number of fused-ring (bicyclic) bond motifs is 1. The third-order valence-corrected chi connectivity index (χ3v) is 5.15. The molecule has 23 heavy (non-hydrogen) atoms. The van der Waals surface area contributed by atoms with Crippen LogP contribution in [0.25, 0.3) is 0 Å². The number of aryl methyl sites for hydroxylation is 2. The van der Waals surface area contributed by atoms with Crippen LogP contribution in [0.2, 0.25) is 0 Å². The van der Waals surface area contributed by atoms with Gasteiger partial charge in [0.25, 0.3) is 0 Å². The minimum absolute atomic E-state index is 0.0483. The molecule has 2 aromatic rings. The van der Waals surface area contributed by atoms with Gasteiger partial charge in [0.2, 0.25) is 0 Å². The van der Waals surface area contributed by atoms with Gasteiger partial charge in [-0.15, -0.1) is 10.2 Å². The van der Waals surface area contributed by atoms with Gasteiger partial charge in [0.1, 0.15) is 12.4 Å². The number of hydrogen-bond donors (Lipinski definition) is 0. The number of hydrogen-bond acceptors (Lipinski definition) is 4. The van der Waals surface area contributed by atoms with E-state index in [9.17, 15) is 0 Å². The van der Waals surface area contributed by atoms with Crippen molar-refractivity contribution in [1.82, 2.24) is 19.7 Å². The van der Waals surface area contributed by atoms with Gasteiger partial charge in [-0.25, -0.2) is 0 Å². The highest BCUT2D eigenvalue weighted by atomic mass is 16.5. The molecule has 2 heterocycles. The largest absolute Gasteiger partial charge is 0.368 e. The van der Waals surface area contributed by atoms with Crippen molar-refractivity contribution < 1.29 is 4.74 Å². The number of rotatable bonds is 3. The van der Waals surface area contributed by atoms with Crippen LogP contribution >= 0.6 is 0 Å². The first-order valence-electron chi connectivity index (χ1n) is 8.54. The molecule has 0 amide bonds. The number of aromatic nitrogens is 3. The van der Waals surface area contributed by atoms with Gasteiger partial charge in [-0.3, -0.25) is 4.90 Å². The van der Waals surface area contributed by atoms with Crippen LogP contribution in [-0.4, -0.2) is 45.9 Å². The zero-order chi connectivity index (χ0) is 15.6. The molecule has 1 saturated heterocycles. The van der Waals surface area contributed by atoms with Crippen LogP contribution in [0.4, 0.5) is 0 Å². The van der Waals surface area contributed by atoms with E-state index in [-0.39, 0.29) is 6.10 Å². The average Bonchev–Trinajstić information content (AvgIpc) is 3.01. The Morgan fingerprint density at radius 2 is 2.13 bits per heavy atom. The first kappa shape index (κ1) is 14.8. The summed E-state index contributed by atoms with van der Waals surface area (Å²) >= 11 is 0. The fourth-order valence-electron chi connectivity index (χ4n) is 3.90. The number of ether oxygens (including phenoxy) is 1. The minimum Gasteiger partial charge on any atom is -0.368 e. The maximum Gasteiger partial charge on any atom is 0.163 e. The third kappa shape index (κ3) is 3.16. The van der Waals surface area contributed by atoms with Gasteiger partial charge in [-0.2, -0.15) is 0 Å². The molecule has 1 aliphatic carbocycles. The van der Waals surface area contributed by atoms with Crippen molar-refractivity contribution in [3.63, 3.8) is 0 Å². The minimum atomic E-state index is 0.0483. The van der Waals surface area contributed by atoms with E-state index >= 15 is 0 Å². The Kier molecular flexibility index (Phi) is 4.14. The van der Waals surface area contributed by atoms with E-state index < -0.39 is 0 Å². The predicted octanol–water partition coefficient (Wildman–Crippen LogP) is 1.99. The molecular formula is C18H24N4O. The Morgan fingerprint density at radius 3 is 2.96 bits per heavy atom. The molecule has 2 atom stereocenters. The first-order chi connectivity index (χ1) is 11.3. The summed E-state index contributed by atoms with van der Waals surface area (Å²) in [6.45, 7) is 3.88. The molecule has 1 aromatic carbocycles. The fourth-order valence-corrected chi connectivity index (χ4v) is 3.90. The Morgan fingerprint density at radius 1 is 1.26 bits per heavy atom. The molecule has 5 heteroatoms. The fraction of sp³-hybridized carbons (Fsp3) is 0.556. The van der Waals surface area contributed by atoms with Crippen LogP contribution in [0.5, 0.6) is 0 Å². The molecule has 4 rings (SSSR count). The normalized spacial score (nSPS) is 25.3. The van der Waals surface area contributed by atoms with Gasteiger partial charge in [-0.05, 0) is 36.3 Å². The molecular weight excluding hydrogens is 288 g/mol. The lowest BCUT2D eigenvalue weighted by Crippen LogP contribution is -2.42. The van der Waals surface area contributed by atoms with Gasteiger partial charge in [0, 0.05) is 26.7 Å². The van der Waals surface area contributed by atoms with Gasteiger partial charge in [0.15, 0.2) is 5.82 Å². The van der Waals surface area contributed by atoms with Crippen LogP contribution < -0.4 is 0 Å². The van der Waals surface area contributed by atoms with Crippen molar-refractivity contribution >= 4 is 0 Å². The topological polar surface area (TPSA) is 43.2 Å². The van der Waals surface area contributed by atoms with E-state index in [2.05, 4.69) is 39.4 Å². The molecule has 1 aliphatic heterocycles. The van der Waals surface area contributed by atoms with Gasteiger partial charge < -0.3 is 9.30 Å². The van der Waals surface area contributed by atoms with Crippen LogP contribution in [0.1, 0.15) is 29.5 Å². The Bertz CT molecular complexity index is 669. The summed E-state index contributed by atoms with van der Waals surface area (Å²) in [5, 5.41) is 8.19. The lowest BCUT2D eigenvalue weighted by molar-refractivity contribution is -0.0405. The van der Waals surface area contributed by atoms with E-state index in [1.54, 1.807) is 17.5 Å². The van der Waals surface area contributed by atoms with Crippen LogP contribution in [0.3, 0.4) is 0 Å². The molecule has 1 aromatic heterocycles. The molecule has 0 N–H and O–H groups in total. The van der Waals surface area contributed by atoms with E-state index in [0.29, 0.717) is 0 Å². The molecule has 0 bridgehead atoms. The Labute approximate surface area is 137 Å². The van der Waals surface area contributed by atoms with E-state index in [1.807, 2.05) is 11.6 Å². The van der Waals surface area contributed by atoms with Crippen molar-refractivity contribution in [2.75, 3.05) is 26.2 Å². The summed E-state index contributed by atoms with van der Waals surface area (Å²) < 4.78 is 7.88. The van der Waals surface area contributed by atoms with Gasteiger partial charge in [0.05, 0.1) is 6.61 Å². The SMILES string of the molecule is Cn1cnnc1[C@H]1CN(C[C@H]2CCc3ccccc3C2)CCO1. The van der Waals surface area contributed by atoms with E-state index in [4.69, 9.17) is 4.74 Å². The highest BCUT2D eigenvalue weighted by molar-refractivity contribution is 5.29. The number of nitrogens with zero attached hydrogens (tertiary/aromatic N) is 4. The monoisotopic (exact) mass is 312 g/mol. The number of benzene rings is 1. The maximum absolute atomic E-state index is 5.91. The number of morpholine rings is 1. The smallest absolute Gasteiger partial charge is 0.163 e. The van der Waals surface area contributed by atoms with Crippen molar-refractivity contribution in [2.45, 2.75) is 25.4 Å². The molecule has 0 radical (unpaired) electrons. The highest BCUT2D eigenvalue weighted by Crippen LogP contribution is 2.27. The molecule has 5 nitrogen and oxygen atoms in total. The molecule has 2 aliphatic rings. The molecule has 0 unspecified atom stereocenters. The third-order valence-electron chi connectivity index (χ3n) is 5.15. The van der Waals surface area contributed by atoms with Gasteiger partial charge >= 0.3 is 0 Å². The Balaban J connectivity index is 1.39. The molecule has 1 fully saturated rings. The zero-order valence-corrected chi connectivity index (χ0v) is 13.7. The molecule has 0 saturated carbocycles. The lowest BCUT2D eigenvalue weighted by Gasteiger charge is -2.36. The summed E-state index contributed by atoms with van der Waals surface area (Å²) in [4.78, 5) is 2.54. The summed E-state index contributed by atoms with van der Waals surface area (Å²) in [7, 11) is 1.98. The second-order valence-corrected chi connectivity index (χ2v) is 6.80. The van der Waals surface area contributed by atoms with Crippen molar-refractivity contribution in [2.24, 2.45) is 13.0 Å². The lowest BCUT2D eigenvalue weighted by atomic mass is 9.83. The summed E-state index contributed by atoms with van der Waals surface area (Å²) in [6.07, 6.45) is 5.52. The second-order valence-electron chi connectivity index (χ2n) is 6.80. The van der Waals surface area contributed by atoms with Crippen molar-refractivity contribution in [3.05, 3.63) is 47.5 Å². The zero-order valence-electron chi connectivity index (χ0n) is 13.7. The second kappa shape index (κ2) is 6.42. The summed E-state index contributed by atoms with van der Waals surface area (Å²) in [5.74, 6) is 1.69. The van der Waals surface area contributed by atoms with Crippen molar-refractivity contribution in [3.8, 4) is 0 Å². The molecule has 0 spiro atoms. The first-order valence-corrected chi connectivity index (χ1v) is 8.54.